The lowest BCUT2D eigenvalue weighted by Crippen LogP contribution is -2.37. The van der Waals surface area contributed by atoms with Gasteiger partial charge in [0.05, 0.1) is 0 Å². The van der Waals surface area contributed by atoms with Crippen LogP contribution in [0.3, 0.4) is 0 Å². The van der Waals surface area contributed by atoms with E-state index in [4.69, 9.17) is 5.73 Å². The van der Waals surface area contributed by atoms with Crippen LogP contribution >= 0.6 is 0 Å². The third-order valence-electron chi connectivity index (χ3n) is 5.03. The molecule has 0 aromatic carbocycles. The van der Waals surface area contributed by atoms with Crippen LogP contribution in [-0.4, -0.2) is 6.04 Å². The fourth-order valence-electron chi connectivity index (χ4n) is 2.77. The highest BCUT2D eigenvalue weighted by molar-refractivity contribution is 5.02. The van der Waals surface area contributed by atoms with E-state index >= 15 is 0 Å². The van der Waals surface area contributed by atoms with E-state index in [1.165, 1.54) is 12.8 Å². The molecule has 0 amide bonds. The molecule has 0 aromatic rings. The third kappa shape index (κ3) is 2.75. The Morgan fingerprint density at radius 1 is 1.20 bits per heavy atom. The van der Waals surface area contributed by atoms with Crippen LogP contribution in [0.15, 0.2) is 0 Å². The third-order valence-corrected chi connectivity index (χ3v) is 5.03. The molecule has 0 aromatic heterocycles. The Morgan fingerprint density at radius 2 is 1.67 bits per heavy atom. The molecule has 1 saturated carbocycles. The van der Waals surface area contributed by atoms with Gasteiger partial charge in [-0.25, -0.2) is 0 Å². The van der Waals surface area contributed by atoms with E-state index in [1.807, 2.05) is 0 Å². The Balaban J connectivity index is 2.50. The van der Waals surface area contributed by atoms with Crippen molar-refractivity contribution in [3.05, 3.63) is 0 Å². The maximum Gasteiger partial charge on any atom is 0.0101 e. The van der Waals surface area contributed by atoms with Gasteiger partial charge >= 0.3 is 0 Å². The number of rotatable bonds is 5. The Kier molecular flexibility index (Phi) is 3.86. The standard InChI is InChI=1S/C14H29N/c1-7-9(2)10(3)11(4)13(15)12-8-14(12,5)6/h9-13H,7-8,15H2,1-6H3/t9?,10?,11?,12-,13?/m1/s1. The fourth-order valence-corrected chi connectivity index (χ4v) is 2.77. The quantitative estimate of drug-likeness (QED) is 0.737. The van der Waals surface area contributed by atoms with Crippen molar-refractivity contribution >= 4 is 0 Å². The van der Waals surface area contributed by atoms with Gasteiger partial charge in [0.25, 0.3) is 0 Å². The molecular formula is C14H29N. The molecule has 2 N–H and O–H groups in total. The lowest BCUT2D eigenvalue weighted by atomic mass is 9.78. The minimum atomic E-state index is 0.406. The molecule has 0 heterocycles. The zero-order valence-corrected chi connectivity index (χ0v) is 11.4. The summed E-state index contributed by atoms with van der Waals surface area (Å²) in [7, 11) is 0. The van der Waals surface area contributed by atoms with Crippen molar-refractivity contribution in [3.8, 4) is 0 Å². The predicted molar refractivity (Wildman–Crippen MR) is 67.6 cm³/mol. The van der Waals surface area contributed by atoms with Gasteiger partial charge in [0.15, 0.2) is 0 Å². The smallest absolute Gasteiger partial charge is 0.0101 e. The summed E-state index contributed by atoms with van der Waals surface area (Å²) in [6.45, 7) is 14.0. The van der Waals surface area contributed by atoms with Gasteiger partial charge in [-0.3, -0.25) is 0 Å². The molecule has 1 fully saturated rings. The molecule has 1 rings (SSSR count). The molecule has 0 radical (unpaired) electrons. The largest absolute Gasteiger partial charge is 0.327 e. The normalized spacial score (nSPS) is 31.8. The van der Waals surface area contributed by atoms with Gasteiger partial charge in [-0.15, -0.1) is 0 Å². The van der Waals surface area contributed by atoms with Crippen molar-refractivity contribution in [1.82, 2.24) is 0 Å². The summed E-state index contributed by atoms with van der Waals surface area (Å²) in [5.74, 6) is 2.97. The average molecular weight is 211 g/mol. The summed E-state index contributed by atoms with van der Waals surface area (Å²) in [4.78, 5) is 0. The van der Waals surface area contributed by atoms with Gasteiger partial charge in [0, 0.05) is 6.04 Å². The zero-order valence-electron chi connectivity index (χ0n) is 11.4. The van der Waals surface area contributed by atoms with E-state index in [-0.39, 0.29) is 0 Å². The summed E-state index contributed by atoms with van der Waals surface area (Å²) < 4.78 is 0. The minimum absolute atomic E-state index is 0.406. The van der Waals surface area contributed by atoms with Crippen molar-refractivity contribution in [1.29, 1.82) is 0 Å². The average Bonchev–Trinajstić information content (AvgIpc) is 2.83. The van der Waals surface area contributed by atoms with Gasteiger partial charge in [-0.1, -0.05) is 48.0 Å². The second kappa shape index (κ2) is 4.45. The summed E-state index contributed by atoms with van der Waals surface area (Å²) in [6, 6.07) is 0.406. The van der Waals surface area contributed by atoms with Crippen LogP contribution in [0.4, 0.5) is 0 Å². The van der Waals surface area contributed by atoms with E-state index in [0.717, 1.165) is 17.8 Å². The van der Waals surface area contributed by atoms with Crippen molar-refractivity contribution in [2.45, 2.75) is 60.4 Å². The molecule has 1 heteroatoms. The first-order valence-electron chi connectivity index (χ1n) is 6.56. The molecule has 0 saturated heterocycles. The Morgan fingerprint density at radius 3 is 2.00 bits per heavy atom. The molecule has 15 heavy (non-hydrogen) atoms. The first kappa shape index (κ1) is 13.0. The molecule has 1 aliphatic carbocycles. The van der Waals surface area contributed by atoms with Crippen molar-refractivity contribution < 1.29 is 0 Å². The highest BCUT2D eigenvalue weighted by atomic mass is 14.7. The molecule has 0 spiro atoms. The molecule has 1 aliphatic rings. The Bertz CT molecular complexity index is 209. The van der Waals surface area contributed by atoms with E-state index in [0.29, 0.717) is 17.4 Å². The van der Waals surface area contributed by atoms with Gasteiger partial charge in [-0.2, -0.15) is 0 Å². The Labute approximate surface area is 95.8 Å². The number of hydrogen-bond acceptors (Lipinski definition) is 1. The molecule has 4 unspecified atom stereocenters. The number of nitrogens with two attached hydrogens (primary N) is 1. The summed E-state index contributed by atoms with van der Waals surface area (Å²) in [5.41, 5.74) is 6.91. The van der Waals surface area contributed by atoms with Gasteiger partial charge < -0.3 is 5.73 Å². The lowest BCUT2D eigenvalue weighted by Gasteiger charge is -2.31. The lowest BCUT2D eigenvalue weighted by molar-refractivity contribution is 0.217. The van der Waals surface area contributed by atoms with E-state index < -0.39 is 0 Å². The number of hydrogen-bond donors (Lipinski definition) is 1. The van der Waals surface area contributed by atoms with Crippen LogP contribution in [0.1, 0.15) is 54.4 Å². The Hall–Kier alpha value is -0.0400. The molecule has 90 valence electrons. The minimum Gasteiger partial charge on any atom is -0.327 e. The van der Waals surface area contributed by atoms with E-state index in [1.54, 1.807) is 0 Å². The molecular weight excluding hydrogens is 182 g/mol. The first-order valence-corrected chi connectivity index (χ1v) is 6.56. The van der Waals surface area contributed by atoms with Gasteiger partial charge in [0.2, 0.25) is 0 Å². The molecule has 1 nitrogen and oxygen atoms in total. The molecule has 0 aliphatic heterocycles. The fraction of sp³-hybridized carbons (Fsp3) is 1.00. The van der Waals surface area contributed by atoms with Gasteiger partial charge in [0.1, 0.15) is 0 Å². The summed E-state index contributed by atoms with van der Waals surface area (Å²) >= 11 is 0. The van der Waals surface area contributed by atoms with Crippen molar-refractivity contribution in [3.63, 3.8) is 0 Å². The topological polar surface area (TPSA) is 26.0 Å². The second-order valence-corrected chi connectivity index (χ2v) is 6.48. The van der Waals surface area contributed by atoms with Crippen molar-refractivity contribution in [2.24, 2.45) is 34.8 Å². The van der Waals surface area contributed by atoms with E-state index in [9.17, 15) is 0 Å². The van der Waals surface area contributed by atoms with Crippen LogP contribution in [-0.2, 0) is 0 Å². The highest BCUT2D eigenvalue weighted by Crippen LogP contribution is 2.55. The maximum absolute atomic E-state index is 6.39. The van der Waals surface area contributed by atoms with Crippen LogP contribution in [0.5, 0.6) is 0 Å². The zero-order chi connectivity index (χ0) is 11.8. The van der Waals surface area contributed by atoms with Crippen LogP contribution in [0.2, 0.25) is 0 Å². The van der Waals surface area contributed by atoms with Crippen LogP contribution in [0, 0.1) is 29.1 Å². The maximum atomic E-state index is 6.39. The predicted octanol–water partition coefficient (Wildman–Crippen LogP) is 3.68. The highest BCUT2D eigenvalue weighted by Gasteiger charge is 2.50. The van der Waals surface area contributed by atoms with Crippen LogP contribution in [0.25, 0.3) is 0 Å². The van der Waals surface area contributed by atoms with E-state index in [2.05, 4.69) is 41.5 Å². The second-order valence-electron chi connectivity index (χ2n) is 6.48. The van der Waals surface area contributed by atoms with Crippen molar-refractivity contribution in [2.75, 3.05) is 0 Å². The summed E-state index contributed by atoms with van der Waals surface area (Å²) in [5, 5.41) is 0. The SMILES string of the molecule is CCC(C)C(C)C(C)C(N)[C@H]1CC1(C)C. The van der Waals surface area contributed by atoms with Gasteiger partial charge in [-0.05, 0) is 35.5 Å². The molecule has 5 atom stereocenters. The molecule has 0 bridgehead atoms. The first-order chi connectivity index (χ1) is 6.81. The monoisotopic (exact) mass is 211 g/mol. The summed E-state index contributed by atoms with van der Waals surface area (Å²) in [6.07, 6.45) is 2.60. The van der Waals surface area contributed by atoms with Crippen LogP contribution < -0.4 is 5.73 Å².